The maximum absolute atomic E-state index is 11.6. The quantitative estimate of drug-likeness (QED) is 0.829. The van der Waals surface area contributed by atoms with Gasteiger partial charge in [0.15, 0.2) is 0 Å². The summed E-state index contributed by atoms with van der Waals surface area (Å²) in [5.74, 6) is 0.169. The Hall–Kier alpha value is -1.06. The molecule has 0 aromatic heterocycles. The largest absolute Gasteiger partial charge is 0.396 e. The number of hydrogen-bond donors (Lipinski definition) is 2. The average molecular weight is 242 g/mol. The van der Waals surface area contributed by atoms with Crippen molar-refractivity contribution in [1.82, 2.24) is 5.32 Å². The molecule has 0 aliphatic heterocycles. The van der Waals surface area contributed by atoms with Gasteiger partial charge in [-0.05, 0) is 36.6 Å². The highest BCUT2D eigenvalue weighted by Gasteiger charge is 2.07. The summed E-state index contributed by atoms with van der Waals surface area (Å²) in [6.07, 6.45) is 0.695. The summed E-state index contributed by atoms with van der Waals surface area (Å²) in [5.41, 5.74) is 0.598. The fourth-order valence-corrected chi connectivity index (χ4v) is 1.42. The van der Waals surface area contributed by atoms with Crippen LogP contribution >= 0.6 is 11.6 Å². The standard InChI is InChI=1S/C12H16ClNO2/c1-9(6-7-15)8-14-12(16)10-2-4-11(13)5-3-10/h2-5,9,15H,6-8H2,1H3,(H,14,16). The van der Waals surface area contributed by atoms with Crippen LogP contribution in [0, 0.1) is 5.92 Å². The Balaban J connectivity index is 2.43. The van der Waals surface area contributed by atoms with Gasteiger partial charge >= 0.3 is 0 Å². The predicted molar refractivity (Wildman–Crippen MR) is 64.7 cm³/mol. The van der Waals surface area contributed by atoms with Crippen LogP contribution in [0.25, 0.3) is 0 Å². The normalized spacial score (nSPS) is 12.2. The van der Waals surface area contributed by atoms with Gasteiger partial charge in [0, 0.05) is 23.7 Å². The minimum Gasteiger partial charge on any atom is -0.396 e. The molecule has 1 rings (SSSR count). The van der Waals surface area contributed by atoms with E-state index in [4.69, 9.17) is 16.7 Å². The minimum absolute atomic E-state index is 0.110. The fourth-order valence-electron chi connectivity index (χ4n) is 1.29. The molecule has 0 spiro atoms. The molecule has 1 unspecified atom stereocenters. The first kappa shape index (κ1) is 13.0. The molecule has 0 saturated heterocycles. The van der Waals surface area contributed by atoms with Crippen molar-refractivity contribution in [2.45, 2.75) is 13.3 Å². The Morgan fingerprint density at radius 2 is 2.06 bits per heavy atom. The number of halogens is 1. The van der Waals surface area contributed by atoms with Gasteiger partial charge in [-0.25, -0.2) is 0 Å². The summed E-state index contributed by atoms with van der Waals surface area (Å²) in [6, 6.07) is 6.75. The Morgan fingerprint density at radius 1 is 1.44 bits per heavy atom. The summed E-state index contributed by atoms with van der Waals surface area (Å²) in [6.45, 7) is 2.71. The van der Waals surface area contributed by atoms with Crippen LogP contribution in [0.15, 0.2) is 24.3 Å². The van der Waals surface area contributed by atoms with Gasteiger partial charge in [-0.3, -0.25) is 4.79 Å². The second kappa shape index (κ2) is 6.51. The third kappa shape index (κ3) is 4.21. The Labute approximate surface area is 100 Å². The van der Waals surface area contributed by atoms with Crippen molar-refractivity contribution in [2.24, 2.45) is 5.92 Å². The van der Waals surface area contributed by atoms with Crippen LogP contribution in [0.2, 0.25) is 5.02 Å². The smallest absolute Gasteiger partial charge is 0.251 e. The van der Waals surface area contributed by atoms with Crippen molar-refractivity contribution >= 4 is 17.5 Å². The number of nitrogens with one attached hydrogen (secondary N) is 1. The van der Waals surface area contributed by atoms with Crippen LogP contribution < -0.4 is 5.32 Å². The number of carbonyl (C=O) groups excluding carboxylic acids is 1. The highest BCUT2D eigenvalue weighted by atomic mass is 35.5. The molecule has 4 heteroatoms. The van der Waals surface area contributed by atoms with E-state index in [9.17, 15) is 4.79 Å². The van der Waals surface area contributed by atoms with Crippen molar-refractivity contribution < 1.29 is 9.90 Å². The van der Waals surface area contributed by atoms with Crippen molar-refractivity contribution in [3.05, 3.63) is 34.9 Å². The van der Waals surface area contributed by atoms with Crippen LogP contribution in [0.4, 0.5) is 0 Å². The van der Waals surface area contributed by atoms with Crippen LogP contribution in [0.5, 0.6) is 0 Å². The number of hydrogen-bond acceptors (Lipinski definition) is 2. The Morgan fingerprint density at radius 3 is 2.62 bits per heavy atom. The summed E-state index contributed by atoms with van der Waals surface area (Å²) < 4.78 is 0. The molecule has 0 fully saturated rings. The molecule has 1 atom stereocenters. The first-order valence-electron chi connectivity index (χ1n) is 5.28. The molecule has 0 aliphatic carbocycles. The first-order chi connectivity index (χ1) is 7.63. The van der Waals surface area contributed by atoms with Gasteiger partial charge in [-0.2, -0.15) is 0 Å². The van der Waals surface area contributed by atoms with Gasteiger partial charge in [0.05, 0.1) is 0 Å². The summed E-state index contributed by atoms with van der Waals surface area (Å²) in [5, 5.41) is 12.1. The lowest BCUT2D eigenvalue weighted by Gasteiger charge is -2.11. The number of benzene rings is 1. The molecule has 0 aliphatic rings. The molecular formula is C12H16ClNO2. The molecule has 0 bridgehead atoms. The van der Waals surface area contributed by atoms with E-state index in [0.717, 1.165) is 0 Å². The highest BCUT2D eigenvalue weighted by molar-refractivity contribution is 6.30. The zero-order valence-corrected chi connectivity index (χ0v) is 10.00. The molecule has 0 radical (unpaired) electrons. The monoisotopic (exact) mass is 241 g/mol. The van der Waals surface area contributed by atoms with Crippen molar-refractivity contribution in [1.29, 1.82) is 0 Å². The number of aliphatic hydroxyl groups excluding tert-OH is 1. The molecule has 0 heterocycles. The fraction of sp³-hybridized carbons (Fsp3) is 0.417. The van der Waals surface area contributed by atoms with Gasteiger partial charge in [-0.1, -0.05) is 18.5 Å². The van der Waals surface area contributed by atoms with Gasteiger partial charge in [0.2, 0.25) is 0 Å². The molecule has 0 saturated carbocycles. The van der Waals surface area contributed by atoms with E-state index >= 15 is 0 Å². The van der Waals surface area contributed by atoms with Gasteiger partial charge < -0.3 is 10.4 Å². The summed E-state index contributed by atoms with van der Waals surface area (Å²) in [4.78, 5) is 11.6. The van der Waals surface area contributed by atoms with Crippen LogP contribution in [0.1, 0.15) is 23.7 Å². The zero-order chi connectivity index (χ0) is 12.0. The van der Waals surface area contributed by atoms with Crippen LogP contribution in [0.3, 0.4) is 0 Å². The third-order valence-corrected chi connectivity index (χ3v) is 2.59. The van der Waals surface area contributed by atoms with E-state index in [1.165, 1.54) is 0 Å². The molecule has 88 valence electrons. The topological polar surface area (TPSA) is 49.3 Å². The molecule has 16 heavy (non-hydrogen) atoms. The third-order valence-electron chi connectivity index (χ3n) is 2.34. The van der Waals surface area contributed by atoms with E-state index < -0.39 is 0 Å². The van der Waals surface area contributed by atoms with Crippen LogP contribution in [-0.4, -0.2) is 24.2 Å². The Kier molecular flexibility index (Phi) is 5.29. The van der Waals surface area contributed by atoms with E-state index in [2.05, 4.69) is 5.32 Å². The number of aliphatic hydroxyl groups is 1. The summed E-state index contributed by atoms with van der Waals surface area (Å²) >= 11 is 5.73. The minimum atomic E-state index is -0.110. The molecule has 1 aromatic rings. The molecular weight excluding hydrogens is 226 g/mol. The second-order valence-corrected chi connectivity index (χ2v) is 4.27. The van der Waals surface area contributed by atoms with E-state index in [1.807, 2.05) is 6.92 Å². The maximum atomic E-state index is 11.6. The van der Waals surface area contributed by atoms with Gasteiger partial charge in [-0.15, -0.1) is 0 Å². The lowest BCUT2D eigenvalue weighted by molar-refractivity contribution is 0.0945. The van der Waals surface area contributed by atoms with E-state index in [0.29, 0.717) is 23.6 Å². The number of amides is 1. The summed E-state index contributed by atoms with van der Waals surface area (Å²) in [7, 11) is 0. The van der Waals surface area contributed by atoms with Gasteiger partial charge in [0.25, 0.3) is 5.91 Å². The lowest BCUT2D eigenvalue weighted by atomic mass is 10.1. The van der Waals surface area contributed by atoms with Crippen molar-refractivity contribution in [3.63, 3.8) is 0 Å². The second-order valence-electron chi connectivity index (χ2n) is 3.83. The van der Waals surface area contributed by atoms with E-state index in [-0.39, 0.29) is 18.4 Å². The Bertz CT molecular complexity index is 337. The molecule has 1 aromatic carbocycles. The van der Waals surface area contributed by atoms with Crippen molar-refractivity contribution in [2.75, 3.05) is 13.2 Å². The molecule has 1 amide bonds. The molecule has 3 nitrogen and oxygen atoms in total. The number of rotatable bonds is 5. The lowest BCUT2D eigenvalue weighted by Crippen LogP contribution is -2.28. The zero-order valence-electron chi connectivity index (χ0n) is 9.24. The van der Waals surface area contributed by atoms with E-state index in [1.54, 1.807) is 24.3 Å². The highest BCUT2D eigenvalue weighted by Crippen LogP contribution is 2.09. The first-order valence-corrected chi connectivity index (χ1v) is 5.66. The molecule has 2 N–H and O–H groups in total. The van der Waals surface area contributed by atoms with Gasteiger partial charge in [0.1, 0.15) is 0 Å². The maximum Gasteiger partial charge on any atom is 0.251 e. The SMILES string of the molecule is CC(CCO)CNC(=O)c1ccc(Cl)cc1. The number of carbonyl (C=O) groups is 1. The predicted octanol–water partition coefficient (Wildman–Crippen LogP) is 2.09. The van der Waals surface area contributed by atoms with Crippen molar-refractivity contribution in [3.8, 4) is 0 Å². The van der Waals surface area contributed by atoms with Crippen LogP contribution in [-0.2, 0) is 0 Å². The average Bonchev–Trinajstić information content (AvgIpc) is 2.27.